The molecule has 1 heterocycles. The number of carbonyl (C=O) groups excluding carboxylic acids is 1. The Hall–Kier alpha value is -3.36. The molecule has 0 aliphatic carbocycles. The van der Waals surface area contributed by atoms with Crippen LogP contribution in [0.1, 0.15) is 5.56 Å². The first kappa shape index (κ1) is 19.9. The minimum atomic E-state index is -3.74. The van der Waals surface area contributed by atoms with Gasteiger partial charge in [0, 0.05) is 10.9 Å². The van der Waals surface area contributed by atoms with Crippen LogP contribution >= 0.6 is 0 Å². The Balaban J connectivity index is 1.34. The molecule has 4 rings (SSSR count). The molecular weight excluding hydrogens is 406 g/mol. The lowest BCUT2D eigenvalue weighted by Gasteiger charge is -2.08. The van der Waals surface area contributed by atoms with Crippen LogP contribution in [0.5, 0.6) is 5.75 Å². The Kier molecular flexibility index (Phi) is 5.43. The first-order valence-corrected chi connectivity index (χ1v) is 10.8. The van der Waals surface area contributed by atoms with Gasteiger partial charge in [-0.05, 0) is 41.1 Å². The highest BCUT2D eigenvalue weighted by atomic mass is 32.2. The van der Waals surface area contributed by atoms with E-state index in [0.717, 1.165) is 27.3 Å². The number of nitrogens with two attached hydrogens (primary N) is 1. The van der Waals surface area contributed by atoms with Crippen LogP contribution in [0.25, 0.3) is 21.7 Å². The third-order valence-electron chi connectivity index (χ3n) is 4.64. The smallest absolute Gasteiger partial charge is 0.310 e. The quantitative estimate of drug-likeness (QED) is 0.359. The Morgan fingerprint density at radius 3 is 2.50 bits per heavy atom. The zero-order chi connectivity index (χ0) is 21.1. The van der Waals surface area contributed by atoms with Crippen molar-refractivity contribution in [1.29, 1.82) is 0 Å². The van der Waals surface area contributed by atoms with Crippen LogP contribution in [0, 0.1) is 0 Å². The van der Waals surface area contributed by atoms with Gasteiger partial charge in [-0.25, -0.2) is 13.6 Å². The second-order valence-corrected chi connectivity index (χ2v) is 8.24. The summed E-state index contributed by atoms with van der Waals surface area (Å²) in [5.41, 5.74) is 1.49. The van der Waals surface area contributed by atoms with Crippen molar-refractivity contribution in [3.05, 3.63) is 72.5 Å². The molecule has 30 heavy (non-hydrogen) atoms. The van der Waals surface area contributed by atoms with Crippen molar-refractivity contribution in [2.45, 2.75) is 11.3 Å². The number of hydrogen-bond acceptors (Lipinski definition) is 6. The molecule has 0 fully saturated rings. The Labute approximate surface area is 173 Å². The zero-order valence-corrected chi connectivity index (χ0v) is 16.7. The highest BCUT2D eigenvalue weighted by molar-refractivity contribution is 7.89. The van der Waals surface area contributed by atoms with Crippen molar-refractivity contribution in [2.24, 2.45) is 5.14 Å². The van der Waals surface area contributed by atoms with Crippen molar-refractivity contribution in [1.82, 2.24) is 0 Å². The molecule has 0 amide bonds. The predicted octanol–water partition coefficient (Wildman–Crippen LogP) is 3.40. The average molecular weight is 425 g/mol. The first-order valence-electron chi connectivity index (χ1n) is 9.21. The highest BCUT2D eigenvalue weighted by Gasteiger charge is 2.14. The Morgan fingerprint density at radius 1 is 0.967 bits per heavy atom. The van der Waals surface area contributed by atoms with Gasteiger partial charge in [0.1, 0.15) is 24.5 Å². The molecule has 154 valence electrons. The standard InChI is InChI=1S/C22H19NO6S/c23-30(25,26)18-8-6-17(7-9-18)27-11-12-28-21(24)13-16-14-29-20-10-5-15-3-1-2-4-19(15)22(16)20/h1-10,14H,11-13H2,(H2,23,25,26). The van der Waals surface area contributed by atoms with E-state index in [1.165, 1.54) is 24.3 Å². The van der Waals surface area contributed by atoms with Crippen molar-refractivity contribution < 1.29 is 27.1 Å². The Morgan fingerprint density at radius 2 is 1.73 bits per heavy atom. The molecule has 7 nitrogen and oxygen atoms in total. The normalized spacial score (nSPS) is 11.6. The minimum Gasteiger partial charge on any atom is -0.490 e. The van der Waals surface area contributed by atoms with E-state index in [-0.39, 0.29) is 30.5 Å². The topological polar surface area (TPSA) is 109 Å². The maximum Gasteiger partial charge on any atom is 0.310 e. The third-order valence-corrected chi connectivity index (χ3v) is 5.57. The number of carbonyl (C=O) groups is 1. The number of sulfonamides is 1. The van der Waals surface area contributed by atoms with Crippen molar-refractivity contribution in [2.75, 3.05) is 13.2 Å². The zero-order valence-electron chi connectivity index (χ0n) is 15.9. The summed E-state index contributed by atoms with van der Waals surface area (Å²) < 4.78 is 38.8. The van der Waals surface area contributed by atoms with Gasteiger partial charge in [-0.3, -0.25) is 4.79 Å². The van der Waals surface area contributed by atoms with Gasteiger partial charge in [0.25, 0.3) is 0 Å². The van der Waals surface area contributed by atoms with Crippen molar-refractivity contribution in [3.63, 3.8) is 0 Å². The van der Waals surface area contributed by atoms with Gasteiger partial charge in [0.05, 0.1) is 17.6 Å². The molecule has 0 unspecified atom stereocenters. The molecule has 8 heteroatoms. The van der Waals surface area contributed by atoms with Crippen molar-refractivity contribution in [3.8, 4) is 5.75 Å². The molecule has 0 bridgehead atoms. The summed E-state index contributed by atoms with van der Waals surface area (Å²) in [5, 5.41) is 8.06. The number of hydrogen-bond donors (Lipinski definition) is 1. The second-order valence-electron chi connectivity index (χ2n) is 6.68. The molecule has 0 saturated carbocycles. The average Bonchev–Trinajstić information content (AvgIpc) is 3.14. The second kappa shape index (κ2) is 8.17. The lowest BCUT2D eigenvalue weighted by Crippen LogP contribution is -2.14. The first-order chi connectivity index (χ1) is 14.4. The van der Waals surface area contributed by atoms with Crippen LogP contribution in [0.2, 0.25) is 0 Å². The third kappa shape index (κ3) is 4.29. The maximum absolute atomic E-state index is 12.3. The summed E-state index contributed by atoms with van der Waals surface area (Å²) in [6.45, 7) is 0.196. The van der Waals surface area contributed by atoms with E-state index in [9.17, 15) is 13.2 Å². The van der Waals surface area contributed by atoms with E-state index < -0.39 is 10.0 Å². The largest absolute Gasteiger partial charge is 0.490 e. The van der Waals surface area contributed by atoms with E-state index in [1.807, 2.05) is 36.4 Å². The molecule has 0 radical (unpaired) electrons. The number of fused-ring (bicyclic) bond motifs is 3. The number of esters is 1. The van der Waals surface area contributed by atoms with Crippen LogP contribution in [-0.2, 0) is 26.0 Å². The number of furan rings is 1. The molecule has 4 aromatic rings. The fraction of sp³-hybridized carbons (Fsp3) is 0.136. The molecule has 0 spiro atoms. The lowest BCUT2D eigenvalue weighted by molar-refractivity contribution is -0.143. The van der Waals surface area contributed by atoms with Gasteiger partial charge in [-0.2, -0.15) is 0 Å². The van der Waals surface area contributed by atoms with Crippen LogP contribution in [0.15, 0.2) is 76.2 Å². The summed E-state index contributed by atoms with van der Waals surface area (Å²) in [5.74, 6) is 0.0598. The predicted molar refractivity (Wildman–Crippen MR) is 112 cm³/mol. The van der Waals surface area contributed by atoms with Crippen LogP contribution in [-0.4, -0.2) is 27.6 Å². The molecule has 3 aromatic carbocycles. The summed E-state index contributed by atoms with van der Waals surface area (Å²) >= 11 is 0. The molecule has 0 aliphatic heterocycles. The summed E-state index contributed by atoms with van der Waals surface area (Å²) in [4.78, 5) is 12.3. The summed E-state index contributed by atoms with van der Waals surface area (Å²) in [6, 6.07) is 17.5. The minimum absolute atomic E-state index is 0.00106. The Bertz CT molecular complexity index is 1310. The molecule has 0 aliphatic rings. The van der Waals surface area contributed by atoms with E-state index >= 15 is 0 Å². The van der Waals surface area contributed by atoms with Gasteiger partial charge in [-0.1, -0.05) is 30.3 Å². The maximum atomic E-state index is 12.3. The molecular formula is C22H19NO6S. The van der Waals surface area contributed by atoms with E-state index in [2.05, 4.69) is 0 Å². The van der Waals surface area contributed by atoms with Crippen molar-refractivity contribution >= 4 is 37.7 Å². The van der Waals surface area contributed by atoms with E-state index in [0.29, 0.717) is 5.75 Å². The van der Waals surface area contributed by atoms with Crippen LogP contribution in [0.3, 0.4) is 0 Å². The van der Waals surface area contributed by atoms with E-state index in [4.69, 9.17) is 19.0 Å². The lowest BCUT2D eigenvalue weighted by atomic mass is 10.0. The molecule has 0 atom stereocenters. The number of ether oxygens (including phenoxy) is 2. The van der Waals surface area contributed by atoms with Crippen LogP contribution in [0.4, 0.5) is 0 Å². The van der Waals surface area contributed by atoms with Gasteiger partial charge < -0.3 is 13.9 Å². The van der Waals surface area contributed by atoms with Gasteiger partial charge >= 0.3 is 5.97 Å². The number of primary sulfonamides is 1. The fourth-order valence-electron chi connectivity index (χ4n) is 3.25. The fourth-order valence-corrected chi connectivity index (χ4v) is 3.77. The molecule has 0 saturated heterocycles. The summed E-state index contributed by atoms with van der Waals surface area (Å²) in [7, 11) is -3.74. The van der Waals surface area contributed by atoms with Gasteiger partial charge in [0.15, 0.2) is 0 Å². The number of benzene rings is 3. The van der Waals surface area contributed by atoms with E-state index in [1.54, 1.807) is 6.26 Å². The SMILES string of the molecule is NS(=O)(=O)c1ccc(OCCOC(=O)Cc2coc3ccc4ccccc4c23)cc1. The van der Waals surface area contributed by atoms with Gasteiger partial charge in [-0.15, -0.1) is 0 Å². The monoisotopic (exact) mass is 425 g/mol. The molecule has 2 N–H and O–H groups in total. The highest BCUT2D eigenvalue weighted by Crippen LogP contribution is 2.30. The van der Waals surface area contributed by atoms with Gasteiger partial charge in [0.2, 0.25) is 10.0 Å². The number of rotatable bonds is 7. The summed E-state index contributed by atoms with van der Waals surface area (Å²) in [6.07, 6.45) is 1.67. The van der Waals surface area contributed by atoms with Crippen LogP contribution < -0.4 is 9.88 Å². The molecule has 1 aromatic heterocycles.